The molecule has 0 fully saturated rings. The minimum Gasteiger partial charge on any atom is -0.486 e. The van der Waals surface area contributed by atoms with E-state index in [0.717, 1.165) is 10.6 Å². The van der Waals surface area contributed by atoms with Crippen LogP contribution in [0.2, 0.25) is 0 Å². The van der Waals surface area contributed by atoms with E-state index in [0.29, 0.717) is 36.0 Å². The van der Waals surface area contributed by atoms with Gasteiger partial charge < -0.3 is 19.9 Å². The quantitative estimate of drug-likeness (QED) is 0.709. The highest BCUT2D eigenvalue weighted by atomic mass is 32.1. The third-order valence-corrected chi connectivity index (χ3v) is 5.06. The average molecular weight is 382 g/mol. The maximum Gasteiger partial charge on any atom is 0.270 e. The highest BCUT2D eigenvalue weighted by Gasteiger charge is 2.17. The van der Waals surface area contributed by atoms with Crippen LogP contribution in [-0.2, 0) is 0 Å². The van der Waals surface area contributed by atoms with Gasteiger partial charge in [0, 0.05) is 17.5 Å². The molecule has 0 radical (unpaired) electrons. The lowest BCUT2D eigenvalue weighted by molar-refractivity contribution is 0.0911. The number of carbonyl (C=O) groups excluding carboxylic acids is 1. The first-order valence-electron chi connectivity index (χ1n) is 8.57. The Morgan fingerprint density at radius 2 is 1.93 bits per heavy atom. The highest BCUT2D eigenvalue weighted by molar-refractivity contribution is 7.13. The molecule has 1 aromatic heterocycles. The van der Waals surface area contributed by atoms with Crippen molar-refractivity contribution in [2.45, 2.75) is 6.10 Å². The number of aliphatic hydroxyl groups excluding tert-OH is 1. The molecular formula is C20H18N2O4S. The molecule has 1 aliphatic heterocycles. The number of carbonyl (C=O) groups is 1. The summed E-state index contributed by atoms with van der Waals surface area (Å²) in [5, 5.41) is 15.6. The van der Waals surface area contributed by atoms with Crippen LogP contribution in [0.4, 0.5) is 0 Å². The van der Waals surface area contributed by atoms with E-state index in [2.05, 4.69) is 10.3 Å². The second-order valence-corrected chi connectivity index (χ2v) is 6.89. The van der Waals surface area contributed by atoms with Crippen molar-refractivity contribution in [1.29, 1.82) is 0 Å². The van der Waals surface area contributed by atoms with Gasteiger partial charge in [-0.2, -0.15) is 0 Å². The Kier molecular flexibility index (Phi) is 5.04. The van der Waals surface area contributed by atoms with Crippen molar-refractivity contribution < 1.29 is 19.4 Å². The Balaban J connectivity index is 1.38. The fraction of sp³-hybridized carbons (Fsp3) is 0.200. The number of fused-ring (bicyclic) bond motifs is 1. The number of thiazole rings is 1. The standard InChI is InChI=1S/C20H18N2O4S/c23-16(14-6-7-17-18(10-14)26-9-8-25-17)11-21-19(24)15-12-27-20(22-15)13-4-2-1-3-5-13/h1-7,10,12,16,23H,8-9,11H2,(H,21,24). The monoisotopic (exact) mass is 382 g/mol. The molecule has 1 atom stereocenters. The molecule has 2 heterocycles. The Morgan fingerprint density at radius 3 is 2.74 bits per heavy atom. The largest absolute Gasteiger partial charge is 0.486 e. The number of rotatable bonds is 5. The summed E-state index contributed by atoms with van der Waals surface area (Å²) >= 11 is 1.41. The van der Waals surface area contributed by atoms with Crippen molar-refractivity contribution in [3.05, 3.63) is 65.2 Å². The van der Waals surface area contributed by atoms with Crippen LogP contribution in [-0.4, -0.2) is 35.8 Å². The van der Waals surface area contributed by atoms with Gasteiger partial charge in [-0.25, -0.2) is 4.98 Å². The number of aromatic nitrogens is 1. The van der Waals surface area contributed by atoms with E-state index in [4.69, 9.17) is 9.47 Å². The first-order valence-corrected chi connectivity index (χ1v) is 9.45. The molecule has 138 valence electrons. The molecule has 2 N–H and O–H groups in total. The second-order valence-electron chi connectivity index (χ2n) is 6.03. The van der Waals surface area contributed by atoms with Crippen LogP contribution in [0.5, 0.6) is 11.5 Å². The molecule has 6 nitrogen and oxygen atoms in total. The molecule has 3 aromatic rings. The van der Waals surface area contributed by atoms with Gasteiger partial charge in [-0.15, -0.1) is 11.3 Å². The normalized spacial score (nSPS) is 13.8. The molecule has 0 spiro atoms. The van der Waals surface area contributed by atoms with Gasteiger partial charge in [-0.05, 0) is 17.7 Å². The van der Waals surface area contributed by atoms with E-state index in [1.165, 1.54) is 11.3 Å². The summed E-state index contributed by atoms with van der Waals surface area (Å²) in [6.45, 7) is 1.08. The lowest BCUT2D eigenvalue weighted by atomic mass is 10.1. The lowest BCUT2D eigenvalue weighted by Gasteiger charge is -2.20. The fourth-order valence-corrected chi connectivity index (χ4v) is 3.56. The summed E-state index contributed by atoms with van der Waals surface area (Å²) in [4.78, 5) is 16.7. The molecule has 7 heteroatoms. The molecule has 0 saturated heterocycles. The van der Waals surface area contributed by atoms with E-state index in [1.807, 2.05) is 30.3 Å². The number of nitrogens with one attached hydrogen (secondary N) is 1. The molecule has 1 amide bonds. The summed E-state index contributed by atoms with van der Waals surface area (Å²) < 4.78 is 11.0. The minimum absolute atomic E-state index is 0.0800. The van der Waals surface area contributed by atoms with Crippen LogP contribution in [0, 0.1) is 0 Å². The number of hydrogen-bond donors (Lipinski definition) is 2. The Labute approximate surface area is 160 Å². The molecule has 27 heavy (non-hydrogen) atoms. The smallest absolute Gasteiger partial charge is 0.270 e. The van der Waals surface area contributed by atoms with Crippen molar-refractivity contribution in [2.75, 3.05) is 19.8 Å². The van der Waals surface area contributed by atoms with Gasteiger partial charge in [0.05, 0.1) is 6.10 Å². The van der Waals surface area contributed by atoms with E-state index >= 15 is 0 Å². The molecule has 0 saturated carbocycles. The molecule has 4 rings (SSSR count). The van der Waals surface area contributed by atoms with Gasteiger partial charge in [0.25, 0.3) is 5.91 Å². The van der Waals surface area contributed by atoms with Crippen LogP contribution < -0.4 is 14.8 Å². The zero-order valence-electron chi connectivity index (χ0n) is 14.4. The maximum absolute atomic E-state index is 12.3. The lowest BCUT2D eigenvalue weighted by Crippen LogP contribution is -2.28. The second kappa shape index (κ2) is 7.77. The van der Waals surface area contributed by atoms with Gasteiger partial charge >= 0.3 is 0 Å². The number of aliphatic hydroxyl groups is 1. The van der Waals surface area contributed by atoms with Crippen molar-refractivity contribution in [1.82, 2.24) is 10.3 Å². The summed E-state index contributed by atoms with van der Waals surface area (Å²) in [7, 11) is 0. The molecule has 0 aliphatic carbocycles. The van der Waals surface area contributed by atoms with Crippen molar-refractivity contribution in [3.63, 3.8) is 0 Å². The van der Waals surface area contributed by atoms with Crippen LogP contribution >= 0.6 is 11.3 Å². The van der Waals surface area contributed by atoms with Gasteiger partial charge in [0.2, 0.25) is 0 Å². The van der Waals surface area contributed by atoms with E-state index in [9.17, 15) is 9.90 Å². The molecule has 1 unspecified atom stereocenters. The third-order valence-electron chi connectivity index (χ3n) is 4.16. The van der Waals surface area contributed by atoms with E-state index in [-0.39, 0.29) is 12.5 Å². The van der Waals surface area contributed by atoms with Crippen LogP contribution in [0.3, 0.4) is 0 Å². The summed E-state index contributed by atoms with van der Waals surface area (Å²) in [5.41, 5.74) is 1.97. The Bertz CT molecular complexity index is 942. The van der Waals surface area contributed by atoms with Crippen molar-refractivity contribution >= 4 is 17.2 Å². The zero-order chi connectivity index (χ0) is 18.6. The number of benzene rings is 2. The van der Waals surface area contributed by atoms with Gasteiger partial charge in [-0.1, -0.05) is 36.4 Å². The Morgan fingerprint density at radius 1 is 1.15 bits per heavy atom. The van der Waals surface area contributed by atoms with Gasteiger partial charge in [-0.3, -0.25) is 4.79 Å². The number of hydrogen-bond acceptors (Lipinski definition) is 6. The number of nitrogens with zero attached hydrogens (tertiary/aromatic N) is 1. The molecule has 2 aromatic carbocycles. The van der Waals surface area contributed by atoms with Crippen molar-refractivity contribution in [3.8, 4) is 22.1 Å². The fourth-order valence-electron chi connectivity index (χ4n) is 2.76. The third kappa shape index (κ3) is 3.94. The van der Waals surface area contributed by atoms with Gasteiger partial charge in [0.1, 0.15) is 23.9 Å². The first-order chi connectivity index (χ1) is 13.2. The first kappa shape index (κ1) is 17.5. The Hall–Kier alpha value is -2.90. The summed E-state index contributed by atoms with van der Waals surface area (Å²) in [5.74, 6) is 0.957. The molecule has 1 aliphatic rings. The minimum atomic E-state index is -0.850. The van der Waals surface area contributed by atoms with Crippen LogP contribution in [0.15, 0.2) is 53.9 Å². The zero-order valence-corrected chi connectivity index (χ0v) is 15.2. The predicted octanol–water partition coefficient (Wildman–Crippen LogP) is 3.04. The van der Waals surface area contributed by atoms with Crippen molar-refractivity contribution in [2.24, 2.45) is 0 Å². The SMILES string of the molecule is O=C(NCC(O)c1ccc2c(c1)OCCO2)c1csc(-c2ccccc2)n1. The van der Waals surface area contributed by atoms with E-state index in [1.54, 1.807) is 23.6 Å². The summed E-state index contributed by atoms with van der Waals surface area (Å²) in [6, 6.07) is 15.0. The van der Waals surface area contributed by atoms with Crippen LogP contribution in [0.1, 0.15) is 22.2 Å². The van der Waals surface area contributed by atoms with Gasteiger partial charge in [0.15, 0.2) is 11.5 Å². The molecule has 0 bridgehead atoms. The van der Waals surface area contributed by atoms with E-state index < -0.39 is 6.10 Å². The predicted molar refractivity (Wildman–Crippen MR) is 102 cm³/mol. The maximum atomic E-state index is 12.3. The highest BCUT2D eigenvalue weighted by Crippen LogP contribution is 2.32. The summed E-state index contributed by atoms with van der Waals surface area (Å²) in [6.07, 6.45) is -0.850. The topological polar surface area (TPSA) is 80.7 Å². The van der Waals surface area contributed by atoms with Crippen LogP contribution in [0.25, 0.3) is 10.6 Å². The molecular weight excluding hydrogens is 364 g/mol. The average Bonchev–Trinajstić information content (AvgIpc) is 3.22. The number of amides is 1. The number of ether oxygens (including phenoxy) is 2.